The van der Waals surface area contributed by atoms with Gasteiger partial charge in [0.25, 0.3) is 5.91 Å². The summed E-state index contributed by atoms with van der Waals surface area (Å²) in [5.74, 6) is -0.0366. The number of benzene rings is 1. The number of carbonyl (C=O) groups is 2. The Morgan fingerprint density at radius 3 is 2.79 bits per heavy atom. The van der Waals surface area contributed by atoms with Crippen molar-refractivity contribution in [1.29, 1.82) is 0 Å². The molecule has 1 atom stereocenters. The number of hydrogen-bond donors (Lipinski definition) is 2. The van der Waals surface area contributed by atoms with Gasteiger partial charge in [0.2, 0.25) is 5.91 Å². The van der Waals surface area contributed by atoms with Crippen LogP contribution in [0.25, 0.3) is 0 Å². The predicted octanol–water partition coefficient (Wildman–Crippen LogP) is 3.45. The molecule has 1 heterocycles. The first-order chi connectivity index (χ1) is 11.5. The minimum absolute atomic E-state index is 0.213. The molecule has 2 rings (SSSR count). The second-order valence-electron chi connectivity index (χ2n) is 5.19. The van der Waals surface area contributed by atoms with Gasteiger partial charge in [-0.05, 0) is 49.4 Å². The summed E-state index contributed by atoms with van der Waals surface area (Å²) in [5, 5.41) is 2.02. The minimum Gasteiger partial charge on any atom is -0.481 e. The van der Waals surface area contributed by atoms with Gasteiger partial charge < -0.3 is 4.74 Å². The molecule has 5 nitrogen and oxygen atoms in total. The fourth-order valence-electron chi connectivity index (χ4n) is 1.97. The van der Waals surface area contributed by atoms with Crippen LogP contribution in [0.4, 0.5) is 0 Å². The van der Waals surface area contributed by atoms with E-state index in [-0.39, 0.29) is 5.91 Å². The standard InChI is InChI=1S/C17H19BrN2O3S/c1-12(23-14-6-2-5-13(18)11-14)17(22)20-19-16(21)9-3-7-15-8-4-10-24-15/h2,4-6,8,10-12H,3,7,9H2,1H3,(H,19,21)(H,20,22)/t12-/m1/s1. The lowest BCUT2D eigenvalue weighted by Crippen LogP contribution is -2.47. The molecular weight excluding hydrogens is 392 g/mol. The number of amides is 2. The third kappa shape index (κ3) is 6.33. The van der Waals surface area contributed by atoms with Crippen LogP contribution in [0.2, 0.25) is 0 Å². The van der Waals surface area contributed by atoms with Crippen molar-refractivity contribution in [1.82, 2.24) is 10.9 Å². The van der Waals surface area contributed by atoms with E-state index in [9.17, 15) is 9.59 Å². The summed E-state index contributed by atoms with van der Waals surface area (Å²) in [6, 6.07) is 11.3. The summed E-state index contributed by atoms with van der Waals surface area (Å²) in [6.45, 7) is 1.62. The Balaban J connectivity index is 1.66. The third-order valence-corrected chi connectivity index (χ3v) is 4.64. The van der Waals surface area contributed by atoms with Crippen molar-refractivity contribution in [3.05, 3.63) is 51.1 Å². The first-order valence-corrected chi connectivity index (χ1v) is 9.25. The quantitative estimate of drug-likeness (QED) is 0.686. The Bertz CT molecular complexity index is 676. The first-order valence-electron chi connectivity index (χ1n) is 7.58. The second-order valence-corrected chi connectivity index (χ2v) is 7.14. The van der Waals surface area contributed by atoms with Crippen LogP contribution in [0.5, 0.6) is 5.75 Å². The van der Waals surface area contributed by atoms with Gasteiger partial charge in [-0.3, -0.25) is 20.4 Å². The van der Waals surface area contributed by atoms with E-state index in [2.05, 4.69) is 26.8 Å². The summed E-state index contributed by atoms with van der Waals surface area (Å²) in [4.78, 5) is 24.9. The van der Waals surface area contributed by atoms with Crippen LogP contribution in [-0.2, 0) is 16.0 Å². The summed E-state index contributed by atoms with van der Waals surface area (Å²) in [6.07, 6.45) is 1.25. The zero-order valence-corrected chi connectivity index (χ0v) is 15.7. The molecule has 0 unspecified atom stereocenters. The highest BCUT2D eigenvalue weighted by Gasteiger charge is 2.15. The molecule has 0 saturated heterocycles. The molecule has 128 valence electrons. The molecule has 0 radical (unpaired) electrons. The lowest BCUT2D eigenvalue weighted by Gasteiger charge is -2.15. The molecule has 0 bridgehead atoms. The van der Waals surface area contributed by atoms with Crippen molar-refractivity contribution >= 4 is 39.1 Å². The van der Waals surface area contributed by atoms with Gasteiger partial charge in [0.05, 0.1) is 0 Å². The Kier molecular flexibility index (Phi) is 7.27. The van der Waals surface area contributed by atoms with Gasteiger partial charge in [0, 0.05) is 15.8 Å². The predicted molar refractivity (Wildman–Crippen MR) is 97.8 cm³/mol. The summed E-state index contributed by atoms with van der Waals surface area (Å²) in [5.41, 5.74) is 4.80. The number of thiophene rings is 1. The molecule has 2 amide bonds. The van der Waals surface area contributed by atoms with Gasteiger partial charge in [0.15, 0.2) is 6.10 Å². The van der Waals surface area contributed by atoms with Gasteiger partial charge in [0.1, 0.15) is 5.75 Å². The van der Waals surface area contributed by atoms with E-state index in [4.69, 9.17) is 4.74 Å². The Hall–Kier alpha value is -1.86. The lowest BCUT2D eigenvalue weighted by molar-refractivity contribution is -0.132. The number of halogens is 1. The smallest absolute Gasteiger partial charge is 0.279 e. The zero-order chi connectivity index (χ0) is 17.4. The Morgan fingerprint density at radius 2 is 2.08 bits per heavy atom. The highest BCUT2D eigenvalue weighted by Crippen LogP contribution is 2.18. The molecule has 0 aliphatic heterocycles. The molecular formula is C17H19BrN2O3S. The van der Waals surface area contributed by atoms with Crippen LogP contribution in [0.15, 0.2) is 46.3 Å². The van der Waals surface area contributed by atoms with E-state index in [0.717, 1.165) is 17.3 Å². The molecule has 0 aliphatic rings. The topological polar surface area (TPSA) is 67.4 Å². The van der Waals surface area contributed by atoms with E-state index in [1.165, 1.54) is 4.88 Å². The summed E-state index contributed by atoms with van der Waals surface area (Å²) < 4.78 is 6.39. The molecule has 1 aromatic carbocycles. The van der Waals surface area contributed by atoms with Gasteiger partial charge in [-0.2, -0.15) is 0 Å². The fourth-order valence-corrected chi connectivity index (χ4v) is 3.10. The maximum absolute atomic E-state index is 11.9. The number of aryl methyl sites for hydroxylation is 1. The first kappa shape index (κ1) is 18.5. The van der Waals surface area contributed by atoms with Crippen molar-refractivity contribution < 1.29 is 14.3 Å². The lowest BCUT2D eigenvalue weighted by atomic mass is 10.2. The molecule has 7 heteroatoms. The molecule has 0 fully saturated rings. The number of carbonyl (C=O) groups excluding carboxylic acids is 2. The zero-order valence-electron chi connectivity index (χ0n) is 13.3. The van der Waals surface area contributed by atoms with E-state index >= 15 is 0 Å². The van der Waals surface area contributed by atoms with E-state index in [0.29, 0.717) is 12.2 Å². The van der Waals surface area contributed by atoms with Gasteiger partial charge >= 0.3 is 0 Å². The van der Waals surface area contributed by atoms with E-state index < -0.39 is 12.0 Å². The number of hydrazine groups is 1. The maximum atomic E-state index is 11.9. The van der Waals surface area contributed by atoms with Gasteiger partial charge in [-0.1, -0.05) is 28.1 Å². The van der Waals surface area contributed by atoms with Crippen molar-refractivity contribution in [3.63, 3.8) is 0 Å². The van der Waals surface area contributed by atoms with Gasteiger partial charge in [-0.15, -0.1) is 11.3 Å². The Labute approximate surface area is 153 Å². The molecule has 0 spiro atoms. The third-order valence-electron chi connectivity index (χ3n) is 3.21. The number of hydrogen-bond acceptors (Lipinski definition) is 4. The number of nitrogens with one attached hydrogen (secondary N) is 2. The molecule has 0 saturated carbocycles. The number of rotatable bonds is 7. The summed E-state index contributed by atoms with van der Waals surface area (Å²) in [7, 11) is 0. The van der Waals surface area contributed by atoms with Crippen LogP contribution < -0.4 is 15.6 Å². The van der Waals surface area contributed by atoms with Crippen molar-refractivity contribution in [2.24, 2.45) is 0 Å². The fraction of sp³-hybridized carbons (Fsp3) is 0.294. The molecule has 2 aromatic rings. The van der Waals surface area contributed by atoms with Crippen LogP contribution >= 0.6 is 27.3 Å². The highest BCUT2D eigenvalue weighted by molar-refractivity contribution is 9.10. The minimum atomic E-state index is -0.717. The van der Waals surface area contributed by atoms with Crippen LogP contribution in [0.3, 0.4) is 0 Å². The van der Waals surface area contributed by atoms with Crippen molar-refractivity contribution in [2.45, 2.75) is 32.3 Å². The van der Waals surface area contributed by atoms with Crippen LogP contribution in [0, 0.1) is 0 Å². The average Bonchev–Trinajstić information content (AvgIpc) is 3.06. The maximum Gasteiger partial charge on any atom is 0.279 e. The second kappa shape index (κ2) is 9.44. The Morgan fingerprint density at radius 1 is 1.25 bits per heavy atom. The normalized spacial score (nSPS) is 11.6. The SMILES string of the molecule is C[C@@H](Oc1cccc(Br)c1)C(=O)NNC(=O)CCCc1cccs1. The summed E-state index contributed by atoms with van der Waals surface area (Å²) >= 11 is 5.02. The average molecular weight is 411 g/mol. The van der Waals surface area contributed by atoms with Crippen LogP contribution in [0.1, 0.15) is 24.6 Å². The van der Waals surface area contributed by atoms with Gasteiger partial charge in [-0.25, -0.2) is 0 Å². The number of ether oxygens (including phenoxy) is 1. The highest BCUT2D eigenvalue weighted by atomic mass is 79.9. The van der Waals surface area contributed by atoms with Crippen molar-refractivity contribution in [3.8, 4) is 5.75 Å². The van der Waals surface area contributed by atoms with E-state index in [1.807, 2.05) is 29.6 Å². The largest absolute Gasteiger partial charge is 0.481 e. The molecule has 24 heavy (non-hydrogen) atoms. The molecule has 1 aromatic heterocycles. The van der Waals surface area contributed by atoms with Crippen LogP contribution in [-0.4, -0.2) is 17.9 Å². The van der Waals surface area contributed by atoms with E-state index in [1.54, 1.807) is 30.4 Å². The monoisotopic (exact) mass is 410 g/mol. The molecule has 2 N–H and O–H groups in total. The van der Waals surface area contributed by atoms with Crippen molar-refractivity contribution in [2.75, 3.05) is 0 Å². The molecule has 0 aliphatic carbocycles.